The first kappa shape index (κ1) is 6.93. The van der Waals surface area contributed by atoms with Gasteiger partial charge in [-0.3, -0.25) is 4.79 Å². The Morgan fingerprint density at radius 1 is 1.33 bits per heavy atom. The van der Waals surface area contributed by atoms with Gasteiger partial charge in [-0.2, -0.15) is 0 Å². The Bertz CT molecular complexity index is 231. The fourth-order valence-corrected chi connectivity index (χ4v) is 3.26. The van der Waals surface area contributed by atoms with Crippen LogP contribution in [0.15, 0.2) is 0 Å². The first-order valence-corrected chi connectivity index (χ1v) is 4.93. The summed E-state index contributed by atoms with van der Waals surface area (Å²) in [7, 11) is 0. The van der Waals surface area contributed by atoms with Crippen LogP contribution in [0.1, 0.15) is 32.6 Å². The summed E-state index contributed by atoms with van der Waals surface area (Å²) in [6, 6.07) is 0. The molecule has 2 nitrogen and oxygen atoms in total. The van der Waals surface area contributed by atoms with Crippen molar-refractivity contribution in [3.8, 4) is 0 Å². The zero-order chi connectivity index (χ0) is 8.40. The second-order valence-electron chi connectivity index (χ2n) is 4.50. The van der Waals surface area contributed by atoms with E-state index in [1.807, 2.05) is 6.92 Å². The lowest BCUT2D eigenvalue weighted by molar-refractivity contribution is -0.145. The van der Waals surface area contributed by atoms with Crippen LogP contribution in [-0.4, -0.2) is 12.6 Å². The van der Waals surface area contributed by atoms with E-state index >= 15 is 0 Å². The first-order valence-electron chi connectivity index (χ1n) is 4.93. The van der Waals surface area contributed by atoms with Gasteiger partial charge in [0.2, 0.25) is 0 Å². The second kappa shape index (κ2) is 1.70. The highest BCUT2D eigenvalue weighted by molar-refractivity contribution is 5.81. The lowest BCUT2D eigenvalue weighted by Gasteiger charge is -1.98. The number of carbonyl (C=O) groups is 1. The van der Waals surface area contributed by atoms with Crippen molar-refractivity contribution in [1.82, 2.24) is 0 Å². The molecule has 3 aliphatic carbocycles. The van der Waals surface area contributed by atoms with Gasteiger partial charge in [-0.25, -0.2) is 0 Å². The summed E-state index contributed by atoms with van der Waals surface area (Å²) in [4.78, 5) is 11.5. The van der Waals surface area contributed by atoms with Crippen molar-refractivity contribution in [1.29, 1.82) is 0 Å². The molecule has 0 heterocycles. The Kier molecular flexibility index (Phi) is 0.984. The van der Waals surface area contributed by atoms with Crippen molar-refractivity contribution in [2.45, 2.75) is 32.6 Å². The monoisotopic (exact) mass is 166 g/mol. The molecule has 66 valence electrons. The topological polar surface area (TPSA) is 26.3 Å². The van der Waals surface area contributed by atoms with E-state index in [-0.39, 0.29) is 5.97 Å². The third-order valence-electron chi connectivity index (χ3n) is 4.11. The minimum atomic E-state index is 0.0903. The molecule has 0 aromatic carbocycles. The van der Waals surface area contributed by atoms with Gasteiger partial charge in [0.1, 0.15) is 0 Å². The Hall–Kier alpha value is -0.530. The molecule has 0 radical (unpaired) electrons. The number of fused-ring (bicyclic) bond motifs is 1. The fraction of sp³-hybridized carbons (Fsp3) is 0.900. The molecule has 0 aromatic rings. The van der Waals surface area contributed by atoms with Gasteiger partial charge in [0.05, 0.1) is 12.5 Å². The van der Waals surface area contributed by atoms with Gasteiger partial charge in [-0.05, 0) is 43.4 Å². The summed E-state index contributed by atoms with van der Waals surface area (Å²) in [5.74, 6) is 0.400. The van der Waals surface area contributed by atoms with E-state index in [9.17, 15) is 4.79 Å². The van der Waals surface area contributed by atoms with E-state index in [0.29, 0.717) is 23.4 Å². The van der Waals surface area contributed by atoms with Crippen molar-refractivity contribution < 1.29 is 9.53 Å². The first-order chi connectivity index (χ1) is 5.77. The third-order valence-corrected chi connectivity index (χ3v) is 4.11. The molecule has 0 aromatic heterocycles. The lowest BCUT2D eigenvalue weighted by atomic mass is 10.3. The summed E-state index contributed by atoms with van der Waals surface area (Å²) in [5, 5.41) is 0. The van der Waals surface area contributed by atoms with Crippen LogP contribution in [0.2, 0.25) is 0 Å². The maximum atomic E-state index is 11.5. The predicted molar refractivity (Wildman–Crippen MR) is 43.5 cm³/mol. The molecule has 3 rings (SSSR count). The van der Waals surface area contributed by atoms with Crippen molar-refractivity contribution in [3.05, 3.63) is 0 Å². The van der Waals surface area contributed by atoms with Crippen LogP contribution in [0, 0.1) is 16.7 Å². The summed E-state index contributed by atoms with van der Waals surface area (Å²) in [6.45, 7) is 2.43. The van der Waals surface area contributed by atoms with E-state index in [4.69, 9.17) is 4.74 Å². The normalized spacial score (nSPS) is 36.6. The van der Waals surface area contributed by atoms with Gasteiger partial charge in [0, 0.05) is 0 Å². The SMILES string of the molecule is CCOC(=O)C1C2(CC2)C12CC2. The molecule has 0 aliphatic heterocycles. The molecular formula is C10H14O2. The van der Waals surface area contributed by atoms with Gasteiger partial charge in [0.25, 0.3) is 0 Å². The highest BCUT2D eigenvalue weighted by Crippen LogP contribution is 2.92. The average Bonchev–Trinajstić information content (AvgIpc) is 2.83. The molecule has 3 fully saturated rings. The summed E-state index contributed by atoms with van der Waals surface area (Å²) < 4.78 is 5.08. The number of esters is 1. The molecule has 2 spiro atoms. The highest BCUT2D eigenvalue weighted by atomic mass is 16.5. The number of hydrogen-bond acceptors (Lipinski definition) is 2. The molecule has 0 unspecified atom stereocenters. The van der Waals surface area contributed by atoms with Crippen LogP contribution < -0.4 is 0 Å². The number of rotatable bonds is 2. The minimum Gasteiger partial charge on any atom is -0.466 e. The number of hydrogen-bond donors (Lipinski definition) is 0. The predicted octanol–water partition coefficient (Wildman–Crippen LogP) is 1.74. The van der Waals surface area contributed by atoms with Gasteiger partial charge in [0.15, 0.2) is 0 Å². The minimum absolute atomic E-state index is 0.0903. The molecule has 2 heteroatoms. The summed E-state index contributed by atoms with van der Waals surface area (Å²) >= 11 is 0. The van der Waals surface area contributed by atoms with E-state index in [1.54, 1.807) is 0 Å². The van der Waals surface area contributed by atoms with Crippen LogP contribution >= 0.6 is 0 Å². The van der Waals surface area contributed by atoms with E-state index in [1.165, 1.54) is 25.7 Å². The van der Waals surface area contributed by atoms with Gasteiger partial charge >= 0.3 is 5.97 Å². The summed E-state index contributed by atoms with van der Waals surface area (Å²) in [5.41, 5.74) is 0.943. The second-order valence-corrected chi connectivity index (χ2v) is 4.50. The molecule has 3 aliphatic rings. The number of ether oxygens (including phenoxy) is 1. The molecule has 0 saturated heterocycles. The Labute approximate surface area is 72.3 Å². The van der Waals surface area contributed by atoms with Crippen molar-refractivity contribution in [3.63, 3.8) is 0 Å². The van der Waals surface area contributed by atoms with E-state index < -0.39 is 0 Å². The largest absolute Gasteiger partial charge is 0.466 e. The van der Waals surface area contributed by atoms with Crippen LogP contribution in [-0.2, 0) is 9.53 Å². The molecule has 0 N–H and O–H groups in total. The van der Waals surface area contributed by atoms with Gasteiger partial charge < -0.3 is 4.74 Å². The van der Waals surface area contributed by atoms with Crippen LogP contribution in [0.4, 0.5) is 0 Å². The third kappa shape index (κ3) is 0.540. The lowest BCUT2D eigenvalue weighted by Crippen LogP contribution is -2.08. The fourth-order valence-electron chi connectivity index (χ4n) is 3.26. The molecule has 0 amide bonds. The van der Waals surface area contributed by atoms with Crippen LogP contribution in [0.3, 0.4) is 0 Å². The molecule has 3 saturated carbocycles. The zero-order valence-corrected chi connectivity index (χ0v) is 7.43. The van der Waals surface area contributed by atoms with Crippen molar-refractivity contribution in [2.24, 2.45) is 16.7 Å². The van der Waals surface area contributed by atoms with Gasteiger partial charge in [-0.15, -0.1) is 0 Å². The average molecular weight is 166 g/mol. The number of carbonyl (C=O) groups excluding carboxylic acids is 1. The van der Waals surface area contributed by atoms with Crippen LogP contribution in [0.25, 0.3) is 0 Å². The van der Waals surface area contributed by atoms with Crippen molar-refractivity contribution in [2.75, 3.05) is 6.61 Å². The van der Waals surface area contributed by atoms with E-state index in [2.05, 4.69) is 0 Å². The zero-order valence-electron chi connectivity index (χ0n) is 7.43. The quantitative estimate of drug-likeness (QED) is 0.584. The van der Waals surface area contributed by atoms with E-state index in [0.717, 1.165) is 0 Å². The maximum absolute atomic E-state index is 11.5. The van der Waals surface area contributed by atoms with Crippen molar-refractivity contribution >= 4 is 5.97 Å². The maximum Gasteiger partial charge on any atom is 0.310 e. The Morgan fingerprint density at radius 2 is 1.83 bits per heavy atom. The molecule has 0 atom stereocenters. The highest BCUT2D eigenvalue weighted by Gasteiger charge is 2.89. The molecule has 12 heavy (non-hydrogen) atoms. The standard InChI is InChI=1S/C10H14O2/c1-2-12-8(11)7-9(3-4-9)10(7)5-6-10/h7H,2-6H2,1H3. The van der Waals surface area contributed by atoms with Crippen LogP contribution in [0.5, 0.6) is 0 Å². The molecule has 0 bridgehead atoms. The summed E-state index contributed by atoms with van der Waals surface area (Å²) in [6.07, 6.45) is 5.15. The van der Waals surface area contributed by atoms with Gasteiger partial charge in [-0.1, -0.05) is 0 Å². The Balaban J connectivity index is 1.76. The Morgan fingerprint density at radius 3 is 2.17 bits per heavy atom. The molecular weight excluding hydrogens is 152 g/mol. The smallest absolute Gasteiger partial charge is 0.310 e.